The van der Waals surface area contributed by atoms with Crippen molar-refractivity contribution in [2.75, 3.05) is 26.7 Å². The third-order valence-corrected chi connectivity index (χ3v) is 4.73. The summed E-state index contributed by atoms with van der Waals surface area (Å²) < 4.78 is 0. The van der Waals surface area contributed by atoms with Gasteiger partial charge in [0.25, 0.3) is 0 Å². The molecule has 0 atom stereocenters. The quantitative estimate of drug-likeness (QED) is 0.810. The van der Waals surface area contributed by atoms with Crippen LogP contribution in [0.25, 0.3) is 0 Å². The molecule has 2 rings (SSSR count). The van der Waals surface area contributed by atoms with E-state index in [1.165, 1.54) is 0 Å². The molecule has 1 aliphatic heterocycles. The Morgan fingerprint density at radius 2 is 2.33 bits per heavy atom. The lowest BCUT2D eigenvalue weighted by atomic mass is 10.2. The zero-order valence-corrected chi connectivity index (χ0v) is 14.0. The van der Waals surface area contributed by atoms with Crippen molar-refractivity contribution >= 4 is 17.2 Å². The minimum atomic E-state index is 0.142. The van der Waals surface area contributed by atoms with E-state index in [-0.39, 0.29) is 5.91 Å². The second-order valence-corrected chi connectivity index (χ2v) is 6.69. The predicted octanol–water partition coefficient (Wildman–Crippen LogP) is 2.64. The molecule has 1 amide bonds. The van der Waals surface area contributed by atoms with E-state index in [0.717, 1.165) is 36.7 Å². The fourth-order valence-corrected chi connectivity index (χ4v) is 3.05. The number of rotatable bonds is 6. The van der Waals surface area contributed by atoms with Crippen LogP contribution in [-0.4, -0.2) is 47.6 Å². The SMILES string of the molecule is CC(C)c1nc(CN(C)C(=O)CCN2CCCCO2)cs1. The van der Waals surface area contributed by atoms with Crippen LogP contribution in [0.1, 0.15) is 49.7 Å². The number of aromatic nitrogens is 1. The maximum absolute atomic E-state index is 12.2. The summed E-state index contributed by atoms with van der Waals surface area (Å²) in [6, 6.07) is 0. The van der Waals surface area contributed by atoms with Crippen molar-refractivity contribution in [2.24, 2.45) is 0 Å². The molecule has 0 bridgehead atoms. The van der Waals surface area contributed by atoms with Gasteiger partial charge in [0.05, 0.1) is 23.9 Å². The van der Waals surface area contributed by atoms with E-state index < -0.39 is 0 Å². The Bertz CT molecular complexity index is 456. The zero-order valence-electron chi connectivity index (χ0n) is 13.2. The van der Waals surface area contributed by atoms with Crippen LogP contribution in [0.2, 0.25) is 0 Å². The molecular weight excluding hydrogens is 286 g/mol. The number of thiazole rings is 1. The summed E-state index contributed by atoms with van der Waals surface area (Å²) in [6.45, 7) is 7.24. The van der Waals surface area contributed by atoms with E-state index in [0.29, 0.717) is 25.4 Å². The highest BCUT2D eigenvalue weighted by Gasteiger charge is 2.16. The molecule has 1 aliphatic rings. The summed E-state index contributed by atoms with van der Waals surface area (Å²) in [7, 11) is 1.84. The van der Waals surface area contributed by atoms with Crippen molar-refractivity contribution in [2.45, 2.75) is 45.6 Å². The molecule has 0 radical (unpaired) electrons. The number of nitrogens with zero attached hydrogens (tertiary/aromatic N) is 3. The lowest BCUT2D eigenvalue weighted by Gasteiger charge is -2.26. The Labute approximate surface area is 130 Å². The number of amides is 1. The van der Waals surface area contributed by atoms with Gasteiger partial charge < -0.3 is 4.90 Å². The molecule has 0 N–H and O–H groups in total. The largest absolute Gasteiger partial charge is 0.340 e. The first kappa shape index (κ1) is 16.4. The van der Waals surface area contributed by atoms with Gasteiger partial charge in [-0.25, -0.2) is 4.98 Å². The smallest absolute Gasteiger partial charge is 0.224 e. The van der Waals surface area contributed by atoms with Crippen molar-refractivity contribution in [3.05, 3.63) is 16.1 Å². The summed E-state index contributed by atoms with van der Waals surface area (Å²) in [6.07, 6.45) is 2.77. The molecular formula is C15H25N3O2S. The molecule has 0 unspecified atom stereocenters. The Kier molecular flexibility index (Phi) is 6.14. The first-order valence-electron chi connectivity index (χ1n) is 7.62. The fourth-order valence-electron chi connectivity index (χ4n) is 2.23. The Morgan fingerprint density at radius 3 is 2.95 bits per heavy atom. The third-order valence-electron chi connectivity index (χ3n) is 3.54. The lowest BCUT2D eigenvalue weighted by Crippen LogP contribution is -2.35. The maximum atomic E-state index is 12.2. The molecule has 1 aromatic rings. The van der Waals surface area contributed by atoms with Gasteiger partial charge in [0, 0.05) is 37.9 Å². The minimum absolute atomic E-state index is 0.142. The Balaban J connectivity index is 1.75. The van der Waals surface area contributed by atoms with Crippen molar-refractivity contribution in [3.8, 4) is 0 Å². The van der Waals surface area contributed by atoms with E-state index >= 15 is 0 Å². The van der Waals surface area contributed by atoms with Gasteiger partial charge in [0.2, 0.25) is 5.91 Å². The third kappa shape index (κ3) is 5.05. The second-order valence-electron chi connectivity index (χ2n) is 5.80. The fraction of sp³-hybridized carbons (Fsp3) is 0.733. The summed E-state index contributed by atoms with van der Waals surface area (Å²) in [5, 5.41) is 5.09. The van der Waals surface area contributed by atoms with Crippen LogP contribution in [0.15, 0.2) is 5.38 Å². The number of hydroxylamine groups is 2. The summed E-state index contributed by atoms with van der Waals surface area (Å²) in [4.78, 5) is 24.0. The van der Waals surface area contributed by atoms with Crippen LogP contribution in [0.3, 0.4) is 0 Å². The Morgan fingerprint density at radius 1 is 1.52 bits per heavy atom. The number of hydrogen-bond donors (Lipinski definition) is 0. The van der Waals surface area contributed by atoms with Gasteiger partial charge in [0.1, 0.15) is 0 Å². The molecule has 0 saturated carbocycles. The van der Waals surface area contributed by atoms with Crippen molar-refractivity contribution in [1.82, 2.24) is 14.9 Å². The van der Waals surface area contributed by atoms with Gasteiger partial charge in [-0.2, -0.15) is 5.06 Å². The zero-order chi connectivity index (χ0) is 15.2. The molecule has 0 aromatic carbocycles. The topological polar surface area (TPSA) is 45.7 Å². The number of carbonyl (C=O) groups is 1. The van der Waals surface area contributed by atoms with Crippen LogP contribution >= 0.6 is 11.3 Å². The van der Waals surface area contributed by atoms with Gasteiger partial charge in [-0.3, -0.25) is 9.63 Å². The normalized spacial score (nSPS) is 16.4. The van der Waals surface area contributed by atoms with Crippen molar-refractivity contribution < 1.29 is 9.63 Å². The molecule has 6 heteroatoms. The summed E-state index contributed by atoms with van der Waals surface area (Å²) >= 11 is 1.67. The van der Waals surface area contributed by atoms with E-state index in [1.807, 2.05) is 17.5 Å². The molecule has 0 aliphatic carbocycles. The van der Waals surface area contributed by atoms with E-state index in [1.54, 1.807) is 16.2 Å². The number of hydrogen-bond acceptors (Lipinski definition) is 5. The second kappa shape index (κ2) is 7.87. The first-order valence-corrected chi connectivity index (χ1v) is 8.50. The molecule has 118 valence electrons. The van der Waals surface area contributed by atoms with Gasteiger partial charge >= 0.3 is 0 Å². The number of carbonyl (C=O) groups excluding carboxylic acids is 1. The first-order chi connectivity index (χ1) is 10.1. The van der Waals surface area contributed by atoms with Crippen LogP contribution in [-0.2, 0) is 16.2 Å². The van der Waals surface area contributed by atoms with E-state index in [2.05, 4.69) is 18.8 Å². The molecule has 0 spiro atoms. The molecule has 1 fully saturated rings. The van der Waals surface area contributed by atoms with E-state index in [4.69, 9.17) is 4.84 Å². The molecule has 1 saturated heterocycles. The molecule has 2 heterocycles. The molecule has 21 heavy (non-hydrogen) atoms. The standard InChI is InChI=1S/C15H25N3O2S/c1-12(2)15-16-13(11-21-15)10-17(3)14(19)6-8-18-7-4-5-9-20-18/h11-12H,4-10H2,1-3H3. The average Bonchev–Trinajstić information content (AvgIpc) is 2.94. The van der Waals surface area contributed by atoms with Crippen LogP contribution < -0.4 is 0 Å². The van der Waals surface area contributed by atoms with Crippen molar-refractivity contribution in [1.29, 1.82) is 0 Å². The highest BCUT2D eigenvalue weighted by molar-refractivity contribution is 7.09. The minimum Gasteiger partial charge on any atom is -0.340 e. The summed E-state index contributed by atoms with van der Waals surface area (Å²) in [5.74, 6) is 0.587. The highest BCUT2D eigenvalue weighted by Crippen LogP contribution is 2.20. The highest BCUT2D eigenvalue weighted by atomic mass is 32.1. The Hall–Kier alpha value is -0.980. The van der Waals surface area contributed by atoms with E-state index in [9.17, 15) is 4.79 Å². The van der Waals surface area contributed by atoms with Crippen LogP contribution in [0.5, 0.6) is 0 Å². The molecule has 1 aromatic heterocycles. The van der Waals surface area contributed by atoms with Crippen LogP contribution in [0, 0.1) is 0 Å². The van der Waals surface area contributed by atoms with Gasteiger partial charge in [-0.05, 0) is 12.8 Å². The van der Waals surface area contributed by atoms with Crippen molar-refractivity contribution in [3.63, 3.8) is 0 Å². The predicted molar refractivity (Wildman–Crippen MR) is 84.1 cm³/mol. The maximum Gasteiger partial charge on any atom is 0.224 e. The van der Waals surface area contributed by atoms with Gasteiger partial charge in [-0.15, -0.1) is 11.3 Å². The van der Waals surface area contributed by atoms with Gasteiger partial charge in [0.15, 0.2) is 0 Å². The molecule has 5 nitrogen and oxygen atoms in total. The van der Waals surface area contributed by atoms with Crippen LogP contribution in [0.4, 0.5) is 0 Å². The van der Waals surface area contributed by atoms with Gasteiger partial charge in [-0.1, -0.05) is 13.8 Å². The average molecular weight is 311 g/mol. The lowest BCUT2D eigenvalue weighted by molar-refractivity contribution is -0.182. The monoisotopic (exact) mass is 311 g/mol. The summed E-state index contributed by atoms with van der Waals surface area (Å²) in [5.41, 5.74) is 0.980.